The number of anilines is 2. The summed E-state index contributed by atoms with van der Waals surface area (Å²) in [5.41, 5.74) is -2.78. The highest BCUT2D eigenvalue weighted by molar-refractivity contribution is 6.31. The maximum atomic E-state index is 13.6. The van der Waals surface area contributed by atoms with Crippen LogP contribution in [0.4, 0.5) is 62.7 Å². The van der Waals surface area contributed by atoms with Crippen molar-refractivity contribution >= 4 is 40.4 Å². The minimum absolute atomic E-state index is 0.0811. The van der Waals surface area contributed by atoms with Crippen molar-refractivity contribution in [3.8, 4) is 0 Å². The van der Waals surface area contributed by atoms with E-state index in [0.29, 0.717) is 6.07 Å². The van der Waals surface area contributed by atoms with Crippen LogP contribution in [-0.2, 0) is 6.18 Å². The fraction of sp³-hybridized carbons (Fsp3) is 0.0500. The van der Waals surface area contributed by atoms with Crippen molar-refractivity contribution in [1.29, 1.82) is 0 Å². The molecule has 178 valence electrons. The first-order chi connectivity index (χ1) is 15.9. The van der Waals surface area contributed by atoms with Gasteiger partial charge >= 0.3 is 12.2 Å². The molecule has 3 aromatic carbocycles. The summed E-state index contributed by atoms with van der Waals surface area (Å²) < 4.78 is 105. The Kier molecular flexibility index (Phi) is 7.05. The number of nitrogens with zero attached hydrogens (tertiary/aromatic N) is 2. The molecule has 0 radical (unpaired) electrons. The number of hydrogen-bond acceptors (Lipinski definition) is 3. The summed E-state index contributed by atoms with van der Waals surface area (Å²) in [5.74, 6) is -11.0. The van der Waals surface area contributed by atoms with Crippen LogP contribution in [-0.4, -0.2) is 6.03 Å². The lowest BCUT2D eigenvalue weighted by Gasteiger charge is -2.12. The lowest BCUT2D eigenvalue weighted by molar-refractivity contribution is -0.137. The number of rotatable bonds is 4. The second-order valence-electron chi connectivity index (χ2n) is 6.44. The Bertz CT molecular complexity index is 1250. The average Bonchev–Trinajstić information content (AvgIpc) is 2.78. The van der Waals surface area contributed by atoms with Gasteiger partial charge in [-0.25, -0.2) is 26.7 Å². The van der Waals surface area contributed by atoms with Gasteiger partial charge in [0, 0.05) is 11.4 Å². The smallest absolute Gasteiger partial charge is 0.308 e. The van der Waals surface area contributed by atoms with Crippen molar-refractivity contribution in [2.24, 2.45) is 10.2 Å². The molecule has 0 saturated carbocycles. The van der Waals surface area contributed by atoms with Crippen LogP contribution in [0.2, 0.25) is 5.02 Å². The molecule has 5 nitrogen and oxygen atoms in total. The molecule has 0 aliphatic rings. The van der Waals surface area contributed by atoms with Crippen LogP contribution in [0.5, 0.6) is 0 Å². The van der Waals surface area contributed by atoms with E-state index in [9.17, 15) is 39.9 Å². The van der Waals surface area contributed by atoms with Crippen molar-refractivity contribution < 1.29 is 39.9 Å². The highest BCUT2D eigenvalue weighted by Crippen LogP contribution is 2.36. The van der Waals surface area contributed by atoms with Crippen molar-refractivity contribution in [3.05, 3.63) is 82.1 Å². The normalized spacial score (nSPS) is 11.7. The predicted molar refractivity (Wildman–Crippen MR) is 106 cm³/mol. The van der Waals surface area contributed by atoms with Gasteiger partial charge in [0.1, 0.15) is 0 Å². The fourth-order valence-electron chi connectivity index (χ4n) is 2.51. The molecule has 3 rings (SSSR count). The molecule has 0 aliphatic carbocycles. The second kappa shape index (κ2) is 9.63. The van der Waals surface area contributed by atoms with Crippen LogP contribution in [0, 0.1) is 29.1 Å². The van der Waals surface area contributed by atoms with Gasteiger partial charge in [-0.1, -0.05) is 11.6 Å². The summed E-state index contributed by atoms with van der Waals surface area (Å²) >= 11 is 5.51. The predicted octanol–water partition coefficient (Wildman–Crippen LogP) is 8.11. The van der Waals surface area contributed by atoms with Crippen LogP contribution < -0.4 is 10.6 Å². The number of benzene rings is 3. The number of nitrogens with one attached hydrogen (secondary N) is 2. The zero-order valence-electron chi connectivity index (χ0n) is 16.2. The van der Waals surface area contributed by atoms with E-state index in [1.165, 1.54) is 24.3 Å². The molecule has 3 aromatic rings. The van der Waals surface area contributed by atoms with E-state index in [2.05, 4.69) is 20.9 Å². The third-order valence-corrected chi connectivity index (χ3v) is 4.44. The zero-order chi connectivity index (χ0) is 25.2. The summed E-state index contributed by atoms with van der Waals surface area (Å²) in [6, 6.07) is 6.66. The van der Waals surface area contributed by atoms with Gasteiger partial charge in [-0.15, -0.1) is 5.11 Å². The fourth-order valence-corrected chi connectivity index (χ4v) is 2.74. The van der Waals surface area contributed by atoms with Gasteiger partial charge < -0.3 is 10.6 Å². The quantitative estimate of drug-likeness (QED) is 0.159. The van der Waals surface area contributed by atoms with Gasteiger partial charge in [0.2, 0.25) is 5.82 Å². The topological polar surface area (TPSA) is 65.8 Å². The molecule has 0 fully saturated rings. The van der Waals surface area contributed by atoms with E-state index >= 15 is 0 Å². The van der Waals surface area contributed by atoms with Gasteiger partial charge in [0.15, 0.2) is 29.0 Å². The Morgan fingerprint density at radius 2 is 1.24 bits per heavy atom. The first-order valence-corrected chi connectivity index (χ1v) is 9.24. The molecular formula is C20H9ClF8N4O. The molecule has 0 bridgehead atoms. The van der Waals surface area contributed by atoms with E-state index in [0.717, 1.165) is 12.1 Å². The summed E-state index contributed by atoms with van der Waals surface area (Å²) in [5, 5.41) is 10.4. The minimum Gasteiger partial charge on any atom is -0.308 e. The van der Waals surface area contributed by atoms with Gasteiger partial charge in [-0.2, -0.15) is 18.3 Å². The Balaban J connectivity index is 1.70. The standard InChI is InChI=1S/C20H9ClF8N4O/c21-12-6-5-10(7-11(12)20(27,28)29)31-19(34)30-8-1-3-9(4-2-8)32-33-18-16(25)14(23)13(22)15(24)17(18)26/h1-7H,(H2,30,31,34). The van der Waals surface area contributed by atoms with E-state index < -0.39 is 57.6 Å². The highest BCUT2D eigenvalue weighted by Gasteiger charge is 2.33. The maximum absolute atomic E-state index is 13.6. The van der Waals surface area contributed by atoms with Gasteiger partial charge in [0.05, 0.1) is 16.3 Å². The Morgan fingerprint density at radius 3 is 1.79 bits per heavy atom. The average molecular weight is 509 g/mol. The number of azo groups is 1. The molecule has 2 amide bonds. The van der Waals surface area contributed by atoms with Crippen molar-refractivity contribution in [3.63, 3.8) is 0 Å². The number of hydrogen-bond donors (Lipinski definition) is 2. The van der Waals surface area contributed by atoms with Crippen molar-refractivity contribution in [1.82, 2.24) is 0 Å². The van der Waals surface area contributed by atoms with Crippen LogP contribution in [0.15, 0.2) is 52.7 Å². The van der Waals surface area contributed by atoms with E-state index in [1.807, 2.05) is 0 Å². The van der Waals surface area contributed by atoms with Gasteiger partial charge in [-0.3, -0.25) is 0 Å². The monoisotopic (exact) mass is 508 g/mol. The van der Waals surface area contributed by atoms with E-state index in [4.69, 9.17) is 11.6 Å². The SMILES string of the molecule is O=C(Nc1ccc(N=Nc2c(F)c(F)c(F)c(F)c2F)cc1)Nc1ccc(Cl)c(C(F)(F)F)c1. The van der Waals surface area contributed by atoms with Crippen LogP contribution >= 0.6 is 11.6 Å². The Hall–Kier alpha value is -3.74. The van der Waals surface area contributed by atoms with Crippen LogP contribution in [0.1, 0.15) is 5.56 Å². The van der Waals surface area contributed by atoms with Gasteiger partial charge in [-0.05, 0) is 42.5 Å². The van der Waals surface area contributed by atoms with E-state index in [1.54, 1.807) is 0 Å². The van der Waals surface area contributed by atoms with Crippen LogP contribution in [0.3, 0.4) is 0 Å². The lowest BCUT2D eigenvalue weighted by Crippen LogP contribution is -2.19. The molecule has 0 spiro atoms. The largest absolute Gasteiger partial charge is 0.417 e. The zero-order valence-corrected chi connectivity index (χ0v) is 17.0. The summed E-state index contributed by atoms with van der Waals surface area (Å²) in [6.45, 7) is 0. The highest BCUT2D eigenvalue weighted by atomic mass is 35.5. The van der Waals surface area contributed by atoms with Crippen LogP contribution in [0.25, 0.3) is 0 Å². The minimum atomic E-state index is -4.73. The van der Waals surface area contributed by atoms with E-state index in [-0.39, 0.29) is 17.1 Å². The number of carbonyl (C=O) groups excluding carboxylic acids is 1. The lowest BCUT2D eigenvalue weighted by atomic mass is 10.2. The molecule has 0 aromatic heterocycles. The maximum Gasteiger partial charge on any atom is 0.417 e. The Labute approximate surface area is 190 Å². The van der Waals surface area contributed by atoms with Crippen molar-refractivity contribution in [2.45, 2.75) is 6.18 Å². The molecule has 0 aliphatic heterocycles. The molecular weight excluding hydrogens is 500 g/mol. The number of urea groups is 1. The molecule has 34 heavy (non-hydrogen) atoms. The number of amides is 2. The number of halogens is 9. The molecule has 0 unspecified atom stereocenters. The number of alkyl halides is 3. The first kappa shape index (κ1) is 24.9. The van der Waals surface area contributed by atoms with Gasteiger partial charge in [0.25, 0.3) is 0 Å². The summed E-state index contributed by atoms with van der Waals surface area (Å²) in [4.78, 5) is 12.0. The second-order valence-corrected chi connectivity index (χ2v) is 6.84. The summed E-state index contributed by atoms with van der Waals surface area (Å²) in [6.07, 6.45) is -4.73. The molecule has 14 heteroatoms. The molecule has 0 atom stereocenters. The Morgan fingerprint density at radius 1 is 0.735 bits per heavy atom. The third kappa shape index (κ3) is 5.42. The number of carbonyl (C=O) groups is 1. The molecule has 2 N–H and O–H groups in total. The van der Waals surface area contributed by atoms with Crippen molar-refractivity contribution in [2.75, 3.05) is 10.6 Å². The first-order valence-electron chi connectivity index (χ1n) is 8.86. The third-order valence-electron chi connectivity index (χ3n) is 4.11. The molecule has 0 saturated heterocycles. The molecule has 0 heterocycles. The summed E-state index contributed by atoms with van der Waals surface area (Å²) in [7, 11) is 0.